The van der Waals surface area contributed by atoms with E-state index in [4.69, 9.17) is 5.73 Å². The van der Waals surface area contributed by atoms with Crippen molar-refractivity contribution in [2.45, 2.75) is 30.6 Å². The Morgan fingerprint density at radius 3 is 2.88 bits per heavy atom. The summed E-state index contributed by atoms with van der Waals surface area (Å²) in [7, 11) is 0. The molecule has 1 atom stereocenters. The Labute approximate surface area is 186 Å². The summed E-state index contributed by atoms with van der Waals surface area (Å²) < 4.78 is 0. The summed E-state index contributed by atoms with van der Waals surface area (Å²) in [4.78, 5) is 14.7. The Morgan fingerprint density at radius 1 is 1.22 bits per heavy atom. The molecule has 1 unspecified atom stereocenters. The number of hydrogen-bond acceptors (Lipinski definition) is 4. The molecule has 3 aliphatic rings. The van der Waals surface area contributed by atoms with Crippen molar-refractivity contribution in [3.63, 3.8) is 0 Å². The summed E-state index contributed by atoms with van der Waals surface area (Å²) >= 11 is 0. The summed E-state index contributed by atoms with van der Waals surface area (Å²) in [6.07, 6.45) is 18.3. The molecule has 6 heteroatoms. The SMILES string of the molecule is N#CC1(c2[nH]ncc2-c2ccccc2C2CC2)C=CC=C(C(=O)N2C=CC=CC(N)=C2)C1. The molecule has 6 nitrogen and oxygen atoms in total. The summed E-state index contributed by atoms with van der Waals surface area (Å²) in [6.45, 7) is 0. The zero-order valence-electron chi connectivity index (χ0n) is 17.5. The molecule has 1 aromatic heterocycles. The van der Waals surface area contributed by atoms with Crippen molar-refractivity contribution in [2.75, 3.05) is 0 Å². The Hall–Kier alpha value is -4.11. The normalized spacial score (nSPS) is 22.2. The number of rotatable bonds is 4. The number of aromatic amines is 1. The Kier molecular flexibility index (Phi) is 4.87. The van der Waals surface area contributed by atoms with Crippen LogP contribution in [-0.4, -0.2) is 21.0 Å². The number of carbonyl (C=O) groups is 1. The molecular formula is C26H23N5O. The summed E-state index contributed by atoms with van der Waals surface area (Å²) in [5, 5.41) is 17.7. The second kappa shape index (κ2) is 7.86. The summed E-state index contributed by atoms with van der Waals surface area (Å²) in [5.74, 6) is 0.350. The van der Waals surface area contributed by atoms with Crippen LogP contribution in [0.5, 0.6) is 0 Å². The third-order valence-electron chi connectivity index (χ3n) is 6.14. The number of allylic oxidation sites excluding steroid dienone is 6. The van der Waals surface area contributed by atoms with Gasteiger partial charge in [-0.2, -0.15) is 10.4 Å². The van der Waals surface area contributed by atoms with Crippen molar-refractivity contribution < 1.29 is 4.79 Å². The van der Waals surface area contributed by atoms with Gasteiger partial charge in [0.25, 0.3) is 5.91 Å². The second-order valence-corrected chi connectivity index (χ2v) is 8.37. The van der Waals surface area contributed by atoms with Gasteiger partial charge in [0.2, 0.25) is 0 Å². The zero-order valence-corrected chi connectivity index (χ0v) is 17.5. The predicted octanol–water partition coefficient (Wildman–Crippen LogP) is 4.31. The van der Waals surface area contributed by atoms with E-state index in [0.29, 0.717) is 22.9 Å². The van der Waals surface area contributed by atoms with Gasteiger partial charge in [0.1, 0.15) is 5.41 Å². The quantitative estimate of drug-likeness (QED) is 0.768. The average molecular weight is 422 g/mol. The van der Waals surface area contributed by atoms with E-state index in [2.05, 4.69) is 34.5 Å². The maximum atomic E-state index is 13.2. The van der Waals surface area contributed by atoms with Crippen LogP contribution in [0.1, 0.15) is 36.4 Å². The van der Waals surface area contributed by atoms with Crippen LogP contribution in [-0.2, 0) is 10.2 Å². The van der Waals surface area contributed by atoms with E-state index in [0.717, 1.165) is 11.1 Å². The van der Waals surface area contributed by atoms with E-state index in [9.17, 15) is 10.1 Å². The molecule has 1 fully saturated rings. The van der Waals surface area contributed by atoms with Crippen LogP contribution in [0.25, 0.3) is 11.1 Å². The van der Waals surface area contributed by atoms with E-state index in [1.165, 1.54) is 23.3 Å². The van der Waals surface area contributed by atoms with Gasteiger partial charge < -0.3 is 5.73 Å². The maximum Gasteiger partial charge on any atom is 0.257 e. The lowest BCUT2D eigenvalue weighted by molar-refractivity contribution is -0.122. The second-order valence-electron chi connectivity index (χ2n) is 8.37. The van der Waals surface area contributed by atoms with Gasteiger partial charge in [-0.25, -0.2) is 0 Å². The molecule has 158 valence electrons. The maximum absolute atomic E-state index is 13.2. The number of amides is 1. The third-order valence-corrected chi connectivity index (χ3v) is 6.14. The van der Waals surface area contributed by atoms with Gasteiger partial charge in [0.05, 0.1) is 18.0 Å². The number of benzene rings is 1. The van der Waals surface area contributed by atoms with Crippen molar-refractivity contribution in [1.82, 2.24) is 15.1 Å². The van der Waals surface area contributed by atoms with Crippen molar-refractivity contribution >= 4 is 5.91 Å². The van der Waals surface area contributed by atoms with Crippen LogP contribution >= 0.6 is 0 Å². The minimum Gasteiger partial charge on any atom is -0.398 e. The van der Waals surface area contributed by atoms with Crippen LogP contribution < -0.4 is 5.73 Å². The number of nitriles is 1. The minimum absolute atomic E-state index is 0.212. The van der Waals surface area contributed by atoms with Crippen LogP contribution in [0.4, 0.5) is 0 Å². The van der Waals surface area contributed by atoms with Crippen LogP contribution in [0.15, 0.2) is 90.6 Å². The fourth-order valence-electron chi connectivity index (χ4n) is 4.37. The first-order chi connectivity index (χ1) is 15.6. The van der Waals surface area contributed by atoms with Gasteiger partial charge in [0.15, 0.2) is 0 Å². The van der Waals surface area contributed by atoms with Crippen LogP contribution in [0.2, 0.25) is 0 Å². The molecule has 3 N–H and O–H groups in total. The Bertz CT molecular complexity index is 1270. The van der Waals surface area contributed by atoms with Gasteiger partial charge >= 0.3 is 0 Å². The number of nitrogens with two attached hydrogens (primary N) is 1. The molecule has 2 aliphatic carbocycles. The van der Waals surface area contributed by atoms with E-state index < -0.39 is 5.41 Å². The molecule has 1 saturated carbocycles. The molecule has 2 heterocycles. The van der Waals surface area contributed by atoms with Gasteiger partial charge in [-0.05, 0) is 42.0 Å². The molecule has 0 spiro atoms. The molecule has 5 rings (SSSR count). The molecule has 32 heavy (non-hydrogen) atoms. The first-order valence-electron chi connectivity index (χ1n) is 10.7. The van der Waals surface area contributed by atoms with Crippen molar-refractivity contribution in [1.29, 1.82) is 5.26 Å². The van der Waals surface area contributed by atoms with Gasteiger partial charge in [-0.1, -0.05) is 48.6 Å². The van der Waals surface area contributed by atoms with E-state index >= 15 is 0 Å². The molecule has 2 aromatic rings. The fourth-order valence-corrected chi connectivity index (χ4v) is 4.37. The van der Waals surface area contributed by atoms with Gasteiger partial charge in [-0.15, -0.1) is 0 Å². The standard InChI is InChI=1S/C26H23N5O/c27-17-26(12-5-6-19(14-26)25(32)31-13-4-3-7-20(28)16-31)24-23(15-29-30-24)22-9-2-1-8-21(22)18-10-11-18/h1-9,12-13,15-16,18H,10-11,14,28H2,(H,29,30). The van der Waals surface area contributed by atoms with Crippen LogP contribution in [0.3, 0.4) is 0 Å². The largest absolute Gasteiger partial charge is 0.398 e. The highest BCUT2D eigenvalue weighted by Gasteiger charge is 2.39. The predicted molar refractivity (Wildman–Crippen MR) is 123 cm³/mol. The third kappa shape index (κ3) is 3.48. The summed E-state index contributed by atoms with van der Waals surface area (Å²) in [5.41, 5.74) is 9.92. The van der Waals surface area contributed by atoms with E-state index in [1.54, 1.807) is 49.0 Å². The fraction of sp³-hybridized carbons (Fsp3) is 0.192. The monoisotopic (exact) mass is 421 g/mol. The van der Waals surface area contributed by atoms with Crippen molar-refractivity contribution in [2.24, 2.45) is 5.73 Å². The number of H-pyrrole nitrogens is 1. The molecule has 0 bridgehead atoms. The lowest BCUT2D eigenvalue weighted by Gasteiger charge is -2.28. The topological polar surface area (TPSA) is 98.8 Å². The molecule has 1 aliphatic heterocycles. The lowest BCUT2D eigenvalue weighted by Crippen LogP contribution is -2.31. The highest BCUT2D eigenvalue weighted by molar-refractivity contribution is 5.96. The first kappa shape index (κ1) is 19.8. The van der Waals surface area contributed by atoms with Crippen molar-refractivity contribution in [3.05, 3.63) is 102 Å². The molecule has 1 aromatic carbocycles. The van der Waals surface area contributed by atoms with E-state index in [1.807, 2.05) is 12.1 Å². The number of aromatic nitrogens is 2. The minimum atomic E-state index is -1.02. The Balaban J connectivity index is 1.50. The number of hydrogen-bond donors (Lipinski definition) is 2. The number of carbonyl (C=O) groups excluding carboxylic acids is 1. The number of nitrogens with zero attached hydrogens (tertiary/aromatic N) is 3. The van der Waals surface area contributed by atoms with E-state index in [-0.39, 0.29) is 12.3 Å². The highest BCUT2D eigenvalue weighted by Crippen LogP contribution is 2.47. The van der Waals surface area contributed by atoms with Crippen molar-refractivity contribution in [3.8, 4) is 17.2 Å². The zero-order chi connectivity index (χ0) is 22.1. The van der Waals surface area contributed by atoms with Crippen LogP contribution in [0, 0.1) is 11.3 Å². The average Bonchev–Trinajstić information content (AvgIpc) is 3.60. The molecule has 1 amide bonds. The first-order valence-corrected chi connectivity index (χ1v) is 10.7. The molecular weight excluding hydrogens is 398 g/mol. The lowest BCUT2D eigenvalue weighted by atomic mass is 9.74. The van der Waals surface area contributed by atoms with Gasteiger partial charge in [0, 0.05) is 35.7 Å². The Morgan fingerprint density at radius 2 is 2.06 bits per heavy atom. The molecule has 0 radical (unpaired) electrons. The highest BCUT2D eigenvalue weighted by atomic mass is 16.2. The number of nitrogens with one attached hydrogen (secondary N) is 1. The van der Waals surface area contributed by atoms with Gasteiger partial charge in [-0.3, -0.25) is 14.8 Å². The molecule has 0 saturated heterocycles. The summed E-state index contributed by atoms with van der Waals surface area (Å²) in [6, 6.07) is 10.8. The smallest absolute Gasteiger partial charge is 0.257 e.